The lowest BCUT2D eigenvalue weighted by molar-refractivity contribution is -0.138. The molecule has 2 N–H and O–H groups in total. The Balaban J connectivity index is 1.89. The Morgan fingerprint density at radius 2 is 1.76 bits per heavy atom. The van der Waals surface area contributed by atoms with Crippen molar-refractivity contribution in [2.24, 2.45) is 5.41 Å². The van der Waals surface area contributed by atoms with Crippen LogP contribution in [-0.4, -0.2) is 18.4 Å². The van der Waals surface area contributed by atoms with E-state index in [1.54, 1.807) is 50.2 Å². The molecule has 0 unspecified atom stereocenters. The van der Waals surface area contributed by atoms with Crippen molar-refractivity contribution in [2.75, 3.05) is 11.9 Å². The molecule has 2 rings (SSSR count). The van der Waals surface area contributed by atoms with Gasteiger partial charge in [-0.15, -0.1) is 0 Å². The van der Waals surface area contributed by atoms with Crippen molar-refractivity contribution in [1.82, 2.24) is 5.32 Å². The normalized spacial score (nSPS) is 11.0. The molecular weight excluding hydrogens is 343 g/mol. The molecule has 2 amide bonds. The summed E-state index contributed by atoms with van der Waals surface area (Å²) in [7, 11) is 0. The third-order valence-electron chi connectivity index (χ3n) is 3.83. The molecule has 0 aliphatic heterocycles. The molecule has 25 heavy (non-hydrogen) atoms. The first-order chi connectivity index (χ1) is 11.8. The maximum atomic E-state index is 12.9. The monoisotopic (exact) mass is 362 g/mol. The molecule has 2 aromatic rings. The van der Waals surface area contributed by atoms with Crippen molar-refractivity contribution in [3.05, 3.63) is 64.9 Å². The van der Waals surface area contributed by atoms with Crippen molar-refractivity contribution in [2.45, 2.75) is 20.3 Å². The third-order valence-corrected chi connectivity index (χ3v) is 4.07. The smallest absolute Gasteiger partial charge is 0.239 e. The molecule has 0 aromatic heterocycles. The highest BCUT2D eigenvalue weighted by atomic mass is 35.5. The van der Waals surface area contributed by atoms with E-state index in [1.807, 2.05) is 0 Å². The van der Waals surface area contributed by atoms with Crippen LogP contribution in [0.1, 0.15) is 19.4 Å². The first-order valence-corrected chi connectivity index (χ1v) is 8.26. The summed E-state index contributed by atoms with van der Waals surface area (Å²) < 4.78 is 12.9. The molecule has 0 atom stereocenters. The quantitative estimate of drug-likeness (QED) is 0.768. The molecule has 0 aliphatic rings. The van der Waals surface area contributed by atoms with E-state index in [0.29, 0.717) is 23.7 Å². The van der Waals surface area contributed by atoms with E-state index in [9.17, 15) is 14.0 Å². The second kappa shape index (κ2) is 8.12. The van der Waals surface area contributed by atoms with Crippen LogP contribution >= 0.6 is 11.6 Å². The zero-order chi connectivity index (χ0) is 18.4. The molecule has 2 aromatic carbocycles. The third kappa shape index (κ3) is 5.29. The maximum Gasteiger partial charge on any atom is 0.239 e. The van der Waals surface area contributed by atoms with E-state index in [2.05, 4.69) is 10.6 Å². The van der Waals surface area contributed by atoms with Crippen molar-refractivity contribution in [1.29, 1.82) is 0 Å². The molecule has 132 valence electrons. The van der Waals surface area contributed by atoms with E-state index in [-0.39, 0.29) is 11.7 Å². The number of nitrogens with one attached hydrogen (secondary N) is 2. The summed E-state index contributed by atoms with van der Waals surface area (Å²) in [4.78, 5) is 24.8. The van der Waals surface area contributed by atoms with Crippen molar-refractivity contribution in [3.63, 3.8) is 0 Å². The number of hydrogen-bond acceptors (Lipinski definition) is 2. The Kier molecular flexibility index (Phi) is 6.15. The van der Waals surface area contributed by atoms with Gasteiger partial charge in [0.1, 0.15) is 11.2 Å². The van der Waals surface area contributed by atoms with Crippen molar-refractivity contribution in [3.8, 4) is 0 Å². The topological polar surface area (TPSA) is 58.2 Å². The van der Waals surface area contributed by atoms with Crippen LogP contribution in [0.2, 0.25) is 5.02 Å². The Bertz CT molecular complexity index is 760. The highest BCUT2D eigenvalue weighted by Gasteiger charge is 2.35. The number of benzene rings is 2. The zero-order valence-electron chi connectivity index (χ0n) is 14.1. The molecule has 0 aliphatic carbocycles. The van der Waals surface area contributed by atoms with Gasteiger partial charge < -0.3 is 10.6 Å². The van der Waals surface area contributed by atoms with Gasteiger partial charge >= 0.3 is 0 Å². The van der Waals surface area contributed by atoms with Crippen LogP contribution < -0.4 is 10.6 Å². The molecular formula is C19H20ClFN2O2. The Morgan fingerprint density at radius 1 is 1.08 bits per heavy atom. The molecule has 6 heteroatoms. The first kappa shape index (κ1) is 18.9. The standard InChI is InChI=1S/C19H20ClFN2O2/c1-19(2,18(25)23-16-5-3-4-14(20)12-16)17(24)22-11-10-13-6-8-15(21)9-7-13/h3-9,12H,10-11H2,1-2H3,(H,22,24)(H,23,25). The van der Waals surface area contributed by atoms with Crippen LogP contribution in [0.5, 0.6) is 0 Å². The molecule has 0 saturated carbocycles. The summed E-state index contributed by atoms with van der Waals surface area (Å²) in [6.07, 6.45) is 0.554. The summed E-state index contributed by atoms with van der Waals surface area (Å²) >= 11 is 5.89. The highest BCUT2D eigenvalue weighted by Crippen LogP contribution is 2.21. The summed E-state index contributed by atoms with van der Waals surface area (Å²) in [5.74, 6) is -1.10. The van der Waals surface area contributed by atoms with E-state index in [4.69, 9.17) is 11.6 Å². The van der Waals surface area contributed by atoms with Crippen LogP contribution in [0.25, 0.3) is 0 Å². The largest absolute Gasteiger partial charge is 0.355 e. The molecule has 0 spiro atoms. The van der Waals surface area contributed by atoms with Crippen molar-refractivity contribution >= 4 is 29.1 Å². The number of rotatable bonds is 6. The van der Waals surface area contributed by atoms with Gasteiger partial charge in [-0.3, -0.25) is 9.59 Å². The summed E-state index contributed by atoms with van der Waals surface area (Å²) in [6.45, 7) is 3.47. The van der Waals surface area contributed by atoms with Gasteiger partial charge in [-0.2, -0.15) is 0 Å². The summed E-state index contributed by atoms with van der Waals surface area (Å²) in [6, 6.07) is 12.8. The fourth-order valence-corrected chi connectivity index (χ4v) is 2.34. The second-order valence-electron chi connectivity index (χ2n) is 6.22. The minimum absolute atomic E-state index is 0.299. The fraction of sp³-hybridized carbons (Fsp3) is 0.263. The molecule has 0 radical (unpaired) electrons. The summed E-state index contributed by atoms with van der Waals surface area (Å²) in [5, 5.41) is 5.94. The van der Waals surface area contributed by atoms with Crippen LogP contribution in [0.4, 0.5) is 10.1 Å². The number of halogens is 2. The van der Waals surface area contributed by atoms with Crippen LogP contribution in [0, 0.1) is 11.2 Å². The number of anilines is 1. The van der Waals surface area contributed by atoms with Gasteiger partial charge in [0.15, 0.2) is 0 Å². The molecule has 0 fully saturated rings. The highest BCUT2D eigenvalue weighted by molar-refractivity contribution is 6.31. The van der Waals surface area contributed by atoms with Crippen molar-refractivity contribution < 1.29 is 14.0 Å². The molecule has 0 saturated heterocycles. The van der Waals surface area contributed by atoms with Crippen LogP contribution in [0.3, 0.4) is 0 Å². The Morgan fingerprint density at radius 3 is 2.40 bits per heavy atom. The van der Waals surface area contributed by atoms with Crippen LogP contribution in [0.15, 0.2) is 48.5 Å². The Hall–Kier alpha value is -2.40. The van der Waals surface area contributed by atoms with Gasteiger partial charge in [-0.1, -0.05) is 29.8 Å². The van der Waals surface area contributed by atoms with Gasteiger partial charge in [0.2, 0.25) is 11.8 Å². The van der Waals surface area contributed by atoms with E-state index < -0.39 is 11.3 Å². The average molecular weight is 363 g/mol. The SMILES string of the molecule is CC(C)(C(=O)NCCc1ccc(F)cc1)C(=O)Nc1cccc(Cl)c1. The van der Waals surface area contributed by atoms with E-state index in [0.717, 1.165) is 5.56 Å². The number of carbonyl (C=O) groups excluding carboxylic acids is 2. The van der Waals surface area contributed by atoms with E-state index in [1.165, 1.54) is 12.1 Å². The average Bonchev–Trinajstić information content (AvgIpc) is 2.56. The predicted octanol–water partition coefficient (Wildman–Crippen LogP) is 3.80. The van der Waals surface area contributed by atoms with Gasteiger partial charge in [-0.25, -0.2) is 4.39 Å². The summed E-state index contributed by atoms with van der Waals surface area (Å²) in [5.41, 5.74) is 0.193. The van der Waals surface area contributed by atoms with Gasteiger partial charge in [-0.05, 0) is 56.2 Å². The number of amides is 2. The van der Waals surface area contributed by atoms with Crippen LogP contribution in [-0.2, 0) is 16.0 Å². The van der Waals surface area contributed by atoms with Gasteiger partial charge in [0.05, 0.1) is 0 Å². The zero-order valence-corrected chi connectivity index (χ0v) is 14.9. The lowest BCUT2D eigenvalue weighted by Gasteiger charge is -2.22. The molecule has 0 bridgehead atoms. The van der Waals surface area contributed by atoms with Gasteiger partial charge in [0, 0.05) is 17.3 Å². The van der Waals surface area contributed by atoms with Gasteiger partial charge in [0.25, 0.3) is 0 Å². The molecule has 0 heterocycles. The lowest BCUT2D eigenvalue weighted by atomic mass is 9.91. The van der Waals surface area contributed by atoms with E-state index >= 15 is 0 Å². The number of carbonyl (C=O) groups is 2. The minimum atomic E-state index is -1.24. The molecule has 4 nitrogen and oxygen atoms in total. The second-order valence-corrected chi connectivity index (χ2v) is 6.66. The maximum absolute atomic E-state index is 12.9. The minimum Gasteiger partial charge on any atom is -0.355 e. The Labute approximate surface area is 151 Å². The fourth-order valence-electron chi connectivity index (χ4n) is 2.15. The lowest BCUT2D eigenvalue weighted by Crippen LogP contribution is -2.45. The number of hydrogen-bond donors (Lipinski definition) is 2. The predicted molar refractivity (Wildman–Crippen MR) is 97.0 cm³/mol. The first-order valence-electron chi connectivity index (χ1n) is 7.89.